The van der Waals surface area contributed by atoms with E-state index in [1.807, 2.05) is 23.3 Å². The maximum Gasteiger partial charge on any atom is 0.255 e. The summed E-state index contributed by atoms with van der Waals surface area (Å²) >= 11 is 1.46. The maximum atomic E-state index is 13.2. The Hall–Kier alpha value is -3.75. The number of carbonyl (C=O) groups excluding carboxylic acids is 1. The van der Waals surface area contributed by atoms with E-state index in [-0.39, 0.29) is 12.0 Å². The predicted octanol–water partition coefficient (Wildman–Crippen LogP) is 3.71. The SMILES string of the molecule is C#C.Cc1c(C#N)ccnc1O[C@@H]1CCCN(C(=O)c2ccsc2-c2ncccn2)C1. The number of nitriles is 1. The van der Waals surface area contributed by atoms with Crippen LogP contribution in [-0.2, 0) is 0 Å². The number of terminal acetylenes is 1. The molecule has 4 heterocycles. The number of amides is 1. The Kier molecular flexibility index (Phi) is 7.31. The lowest BCUT2D eigenvalue weighted by molar-refractivity contribution is 0.0527. The summed E-state index contributed by atoms with van der Waals surface area (Å²) in [5.41, 5.74) is 1.88. The van der Waals surface area contributed by atoms with E-state index < -0.39 is 0 Å². The average Bonchev–Trinajstić information content (AvgIpc) is 3.32. The van der Waals surface area contributed by atoms with E-state index in [2.05, 4.69) is 33.9 Å². The quantitative estimate of drug-likeness (QED) is 0.585. The first kappa shape index (κ1) is 21.9. The summed E-state index contributed by atoms with van der Waals surface area (Å²) in [6.45, 7) is 2.97. The van der Waals surface area contributed by atoms with Crippen LogP contribution in [0, 0.1) is 31.1 Å². The van der Waals surface area contributed by atoms with Gasteiger partial charge in [0.15, 0.2) is 5.82 Å². The van der Waals surface area contributed by atoms with Gasteiger partial charge in [0.2, 0.25) is 5.88 Å². The summed E-state index contributed by atoms with van der Waals surface area (Å²) in [7, 11) is 0. The number of thiophene rings is 1. The van der Waals surface area contributed by atoms with Crippen LogP contribution in [-0.4, -0.2) is 45.0 Å². The highest BCUT2D eigenvalue weighted by atomic mass is 32.1. The van der Waals surface area contributed by atoms with Crippen LogP contribution in [0.3, 0.4) is 0 Å². The number of aromatic nitrogens is 3. The summed E-state index contributed by atoms with van der Waals surface area (Å²) in [4.78, 5) is 28.6. The van der Waals surface area contributed by atoms with Crippen LogP contribution < -0.4 is 4.74 Å². The molecule has 0 spiro atoms. The van der Waals surface area contributed by atoms with Gasteiger partial charge >= 0.3 is 0 Å². The molecule has 8 heteroatoms. The van der Waals surface area contributed by atoms with Crippen LogP contribution in [0.5, 0.6) is 5.88 Å². The Bertz CT molecular complexity index is 1100. The average molecular weight is 432 g/mol. The fourth-order valence-corrected chi connectivity index (χ4v) is 4.20. The topological polar surface area (TPSA) is 92.0 Å². The zero-order chi connectivity index (χ0) is 22.2. The zero-order valence-corrected chi connectivity index (χ0v) is 17.9. The molecule has 1 fully saturated rings. The van der Waals surface area contributed by atoms with Gasteiger partial charge in [0.25, 0.3) is 5.91 Å². The second-order valence-electron chi connectivity index (χ2n) is 6.77. The Balaban J connectivity index is 0.00000132. The molecule has 0 radical (unpaired) electrons. The lowest BCUT2D eigenvalue weighted by atomic mass is 10.1. The molecule has 3 aromatic rings. The third-order valence-corrected chi connectivity index (χ3v) is 5.80. The van der Waals surface area contributed by atoms with E-state index in [4.69, 9.17) is 4.74 Å². The molecule has 0 unspecified atom stereocenters. The summed E-state index contributed by atoms with van der Waals surface area (Å²) in [6.07, 6.45) is 14.4. The van der Waals surface area contributed by atoms with Crippen molar-refractivity contribution in [2.24, 2.45) is 0 Å². The standard InChI is InChI=1S/C21H19N5O2S.C2H2/c1-14-15(12-22)5-9-25-20(14)28-16-4-2-10-26(13-16)21(27)17-6-11-29-18(17)19-23-7-3-8-24-19;1-2/h3,5-9,11,16H,2,4,10,13H2,1H3;1-2H/t16-;/m1./s1. The fraction of sp³-hybridized carbons (Fsp3) is 0.261. The minimum atomic E-state index is -0.164. The minimum Gasteiger partial charge on any atom is -0.472 e. The molecular weight excluding hydrogens is 410 g/mol. The van der Waals surface area contributed by atoms with Gasteiger partial charge in [-0.25, -0.2) is 15.0 Å². The monoisotopic (exact) mass is 431 g/mol. The molecule has 0 N–H and O–H groups in total. The van der Waals surface area contributed by atoms with E-state index in [9.17, 15) is 10.1 Å². The van der Waals surface area contributed by atoms with E-state index in [0.717, 1.165) is 23.3 Å². The van der Waals surface area contributed by atoms with Gasteiger partial charge in [0.1, 0.15) is 6.10 Å². The van der Waals surface area contributed by atoms with Gasteiger partial charge in [-0.1, -0.05) is 0 Å². The van der Waals surface area contributed by atoms with E-state index in [1.165, 1.54) is 11.3 Å². The fourth-order valence-electron chi connectivity index (χ4n) is 3.37. The zero-order valence-electron chi connectivity index (χ0n) is 17.1. The highest BCUT2D eigenvalue weighted by Crippen LogP contribution is 2.29. The number of pyridine rings is 1. The Morgan fingerprint density at radius 3 is 2.77 bits per heavy atom. The van der Waals surface area contributed by atoms with Crippen molar-refractivity contribution in [1.29, 1.82) is 5.26 Å². The van der Waals surface area contributed by atoms with Crippen molar-refractivity contribution in [2.45, 2.75) is 25.9 Å². The van der Waals surface area contributed by atoms with Crippen LogP contribution in [0.25, 0.3) is 10.7 Å². The van der Waals surface area contributed by atoms with Crippen LogP contribution in [0.2, 0.25) is 0 Å². The number of rotatable bonds is 4. The largest absolute Gasteiger partial charge is 0.472 e. The van der Waals surface area contributed by atoms with Crippen molar-refractivity contribution in [3.8, 4) is 35.5 Å². The molecule has 31 heavy (non-hydrogen) atoms. The third kappa shape index (κ3) is 4.88. The molecule has 1 aliphatic heterocycles. The van der Waals surface area contributed by atoms with Crippen LogP contribution in [0.1, 0.15) is 34.3 Å². The van der Waals surface area contributed by atoms with Crippen LogP contribution in [0.15, 0.2) is 42.2 Å². The Morgan fingerprint density at radius 1 is 1.26 bits per heavy atom. The first-order valence-corrected chi connectivity index (χ1v) is 10.5. The second kappa shape index (κ2) is 10.3. The van der Waals surface area contributed by atoms with Crippen LogP contribution in [0.4, 0.5) is 0 Å². The summed E-state index contributed by atoms with van der Waals surface area (Å²) in [5, 5.41) is 11.1. The lowest BCUT2D eigenvalue weighted by Gasteiger charge is -2.33. The molecule has 0 bridgehead atoms. The van der Waals surface area contributed by atoms with Gasteiger partial charge in [0.05, 0.1) is 28.6 Å². The molecule has 1 amide bonds. The number of likely N-dealkylation sites (tertiary alicyclic amines) is 1. The molecule has 1 atom stereocenters. The van der Waals surface area contributed by atoms with Crippen molar-refractivity contribution in [3.05, 3.63) is 58.9 Å². The smallest absolute Gasteiger partial charge is 0.255 e. The van der Waals surface area contributed by atoms with Crippen molar-refractivity contribution >= 4 is 17.2 Å². The van der Waals surface area contributed by atoms with Crippen molar-refractivity contribution in [3.63, 3.8) is 0 Å². The maximum absolute atomic E-state index is 13.2. The molecule has 7 nitrogen and oxygen atoms in total. The normalized spacial score (nSPS) is 15.3. The van der Waals surface area contributed by atoms with Crippen molar-refractivity contribution < 1.29 is 9.53 Å². The number of piperidine rings is 1. The highest BCUT2D eigenvalue weighted by Gasteiger charge is 2.28. The van der Waals surface area contributed by atoms with E-state index in [1.54, 1.807) is 30.7 Å². The molecule has 1 aliphatic rings. The van der Waals surface area contributed by atoms with Crippen LogP contribution >= 0.6 is 11.3 Å². The van der Waals surface area contributed by atoms with Crippen molar-refractivity contribution in [1.82, 2.24) is 19.9 Å². The number of nitrogens with zero attached hydrogens (tertiary/aromatic N) is 5. The van der Waals surface area contributed by atoms with Crippen molar-refractivity contribution in [2.75, 3.05) is 13.1 Å². The summed E-state index contributed by atoms with van der Waals surface area (Å²) in [5.74, 6) is 0.971. The van der Waals surface area contributed by atoms with E-state index in [0.29, 0.717) is 35.9 Å². The Morgan fingerprint density at radius 2 is 2.03 bits per heavy atom. The molecule has 156 valence electrons. The summed E-state index contributed by atoms with van der Waals surface area (Å²) < 4.78 is 6.06. The minimum absolute atomic E-state index is 0.0440. The molecule has 0 aromatic carbocycles. The highest BCUT2D eigenvalue weighted by molar-refractivity contribution is 7.14. The Labute approximate surface area is 185 Å². The molecule has 0 aliphatic carbocycles. The number of ether oxygens (including phenoxy) is 1. The molecule has 3 aromatic heterocycles. The molecule has 1 saturated heterocycles. The predicted molar refractivity (Wildman–Crippen MR) is 118 cm³/mol. The van der Waals surface area contributed by atoms with Gasteiger partial charge in [-0.2, -0.15) is 5.26 Å². The summed E-state index contributed by atoms with van der Waals surface area (Å²) in [6, 6.07) is 7.39. The second-order valence-corrected chi connectivity index (χ2v) is 7.69. The molecular formula is C23H21N5O2S. The first-order chi connectivity index (χ1) is 15.2. The molecule has 0 saturated carbocycles. The first-order valence-electron chi connectivity index (χ1n) is 9.67. The van der Waals surface area contributed by atoms with Gasteiger partial charge in [0, 0.05) is 30.7 Å². The van der Waals surface area contributed by atoms with E-state index >= 15 is 0 Å². The lowest BCUT2D eigenvalue weighted by Crippen LogP contribution is -2.44. The number of hydrogen-bond acceptors (Lipinski definition) is 7. The number of hydrogen-bond donors (Lipinski definition) is 0. The van der Waals surface area contributed by atoms with Gasteiger partial charge < -0.3 is 9.64 Å². The van der Waals surface area contributed by atoms with Gasteiger partial charge in [-0.05, 0) is 43.3 Å². The van der Waals surface area contributed by atoms with Gasteiger partial charge in [-0.15, -0.1) is 24.2 Å². The van der Waals surface area contributed by atoms with Gasteiger partial charge in [-0.3, -0.25) is 4.79 Å². The number of carbonyl (C=O) groups is 1. The third-order valence-electron chi connectivity index (χ3n) is 4.89. The molecule has 4 rings (SSSR count).